The Bertz CT molecular complexity index is 3890. The van der Waals surface area contributed by atoms with Gasteiger partial charge in [-0.2, -0.15) is 0 Å². The van der Waals surface area contributed by atoms with Gasteiger partial charge < -0.3 is 0 Å². The van der Waals surface area contributed by atoms with Crippen molar-refractivity contribution in [3.63, 3.8) is 0 Å². The lowest BCUT2D eigenvalue weighted by Crippen LogP contribution is -2.26. The lowest BCUT2D eigenvalue weighted by Gasteiger charge is -2.32. The molecule has 14 rings (SSSR count). The van der Waals surface area contributed by atoms with Crippen LogP contribution >= 0.6 is 0 Å². The maximum atomic E-state index is 5.15. The van der Waals surface area contributed by atoms with E-state index in [1.807, 2.05) is 18.2 Å². The number of benzene rings is 11. The maximum Gasteiger partial charge on any atom is 0.160 e. The van der Waals surface area contributed by atoms with Gasteiger partial charge in [-0.15, -0.1) is 0 Å². The number of aromatic nitrogens is 2. The summed E-state index contributed by atoms with van der Waals surface area (Å²) in [6.45, 7) is 0. The molecule has 0 aliphatic heterocycles. The zero-order valence-corrected chi connectivity index (χ0v) is 35.3. The number of rotatable bonds is 4. The van der Waals surface area contributed by atoms with Crippen LogP contribution in [0.25, 0.3) is 110 Å². The van der Waals surface area contributed by atoms with Crippen molar-refractivity contribution in [3.05, 3.63) is 253 Å². The lowest BCUT2D eigenvalue weighted by atomic mass is 9.68. The highest BCUT2D eigenvalue weighted by Gasteiger charge is 2.53. The first kappa shape index (κ1) is 36.1. The molecule has 0 radical (unpaired) electrons. The second kappa shape index (κ2) is 13.8. The molecule has 1 heterocycles. The van der Waals surface area contributed by atoms with Crippen LogP contribution in [0.4, 0.5) is 0 Å². The molecule has 12 aromatic rings. The van der Waals surface area contributed by atoms with Crippen molar-refractivity contribution >= 4 is 43.1 Å². The average molecular weight is 823 g/mol. The molecule has 1 aromatic heterocycles. The van der Waals surface area contributed by atoms with E-state index in [4.69, 9.17) is 9.97 Å². The van der Waals surface area contributed by atoms with E-state index in [-0.39, 0.29) is 0 Å². The molecule has 0 saturated heterocycles. The van der Waals surface area contributed by atoms with Gasteiger partial charge in [0.05, 0.1) is 16.8 Å². The van der Waals surface area contributed by atoms with E-state index in [9.17, 15) is 0 Å². The fourth-order valence-corrected chi connectivity index (χ4v) is 11.5. The van der Waals surface area contributed by atoms with Gasteiger partial charge >= 0.3 is 0 Å². The van der Waals surface area contributed by atoms with Crippen LogP contribution in [0.1, 0.15) is 22.3 Å². The molecular weight excluding hydrogens is 785 g/mol. The third-order valence-corrected chi connectivity index (χ3v) is 14.2. The fourth-order valence-electron chi connectivity index (χ4n) is 11.5. The first-order valence-electron chi connectivity index (χ1n) is 22.5. The van der Waals surface area contributed by atoms with Gasteiger partial charge in [0, 0.05) is 16.7 Å². The summed E-state index contributed by atoms with van der Waals surface area (Å²) in [5.41, 5.74) is 17.6. The van der Waals surface area contributed by atoms with Gasteiger partial charge in [-0.1, -0.05) is 212 Å². The fraction of sp³-hybridized carbons (Fsp3) is 0.0159. The van der Waals surface area contributed by atoms with Gasteiger partial charge in [-0.3, -0.25) is 0 Å². The third-order valence-electron chi connectivity index (χ3n) is 14.2. The van der Waals surface area contributed by atoms with Gasteiger partial charge in [0.15, 0.2) is 5.82 Å². The second-order valence-corrected chi connectivity index (χ2v) is 17.6. The van der Waals surface area contributed by atoms with Gasteiger partial charge in [-0.05, 0) is 117 Å². The van der Waals surface area contributed by atoms with Crippen LogP contribution in [-0.4, -0.2) is 9.97 Å². The molecule has 0 saturated carbocycles. The summed E-state index contributed by atoms with van der Waals surface area (Å²) in [6, 6.07) is 84.6. The van der Waals surface area contributed by atoms with Gasteiger partial charge in [-0.25, -0.2) is 9.97 Å². The summed E-state index contributed by atoms with van der Waals surface area (Å²) < 4.78 is 0. The molecular formula is C63H38N2. The average Bonchev–Trinajstić information content (AvgIpc) is 3.87. The minimum absolute atomic E-state index is 0.494. The van der Waals surface area contributed by atoms with E-state index in [0.717, 1.165) is 33.6 Å². The van der Waals surface area contributed by atoms with Crippen molar-refractivity contribution in [3.8, 4) is 67.3 Å². The molecule has 300 valence electrons. The molecule has 65 heavy (non-hydrogen) atoms. The summed E-state index contributed by atoms with van der Waals surface area (Å²) >= 11 is 0. The molecule has 2 heteroatoms. The van der Waals surface area contributed by atoms with E-state index in [1.165, 1.54) is 93.2 Å². The molecule has 0 amide bonds. The van der Waals surface area contributed by atoms with E-state index in [0.29, 0.717) is 5.82 Å². The van der Waals surface area contributed by atoms with Crippen LogP contribution in [0.3, 0.4) is 0 Å². The van der Waals surface area contributed by atoms with Gasteiger partial charge in [0.25, 0.3) is 0 Å². The zero-order valence-electron chi connectivity index (χ0n) is 35.3. The largest absolute Gasteiger partial charge is 0.228 e. The van der Waals surface area contributed by atoms with Crippen molar-refractivity contribution in [2.24, 2.45) is 0 Å². The monoisotopic (exact) mass is 822 g/mol. The Labute approximate surface area is 376 Å². The van der Waals surface area contributed by atoms with Gasteiger partial charge in [0.2, 0.25) is 0 Å². The molecule has 0 atom stereocenters. The first-order chi connectivity index (χ1) is 32.2. The minimum Gasteiger partial charge on any atom is -0.228 e. The molecule has 2 aliphatic rings. The second-order valence-electron chi connectivity index (χ2n) is 17.6. The molecule has 0 unspecified atom stereocenters. The minimum atomic E-state index is -0.494. The Hall–Kier alpha value is -8.46. The topological polar surface area (TPSA) is 25.8 Å². The normalized spacial score (nSPS) is 13.0. The predicted molar refractivity (Wildman–Crippen MR) is 270 cm³/mol. The highest BCUT2D eigenvalue weighted by Crippen LogP contribution is 2.66. The number of hydrogen-bond donors (Lipinski definition) is 0. The quantitative estimate of drug-likeness (QED) is 0.165. The molecule has 2 aliphatic carbocycles. The zero-order chi connectivity index (χ0) is 42.6. The van der Waals surface area contributed by atoms with Crippen molar-refractivity contribution in [1.82, 2.24) is 9.97 Å². The Morgan fingerprint density at radius 3 is 1.57 bits per heavy atom. The molecule has 0 N–H and O–H groups in total. The van der Waals surface area contributed by atoms with Crippen LogP contribution in [0, 0.1) is 0 Å². The van der Waals surface area contributed by atoms with E-state index in [2.05, 4.69) is 212 Å². The predicted octanol–water partition coefficient (Wildman–Crippen LogP) is 16.1. The number of fused-ring (bicyclic) bond motifs is 18. The van der Waals surface area contributed by atoms with Crippen LogP contribution in [0.15, 0.2) is 231 Å². The molecule has 0 bridgehead atoms. The first-order valence-corrected chi connectivity index (χ1v) is 22.5. The van der Waals surface area contributed by atoms with Gasteiger partial charge in [0.1, 0.15) is 0 Å². The molecule has 0 fully saturated rings. The van der Waals surface area contributed by atoms with E-state index < -0.39 is 5.41 Å². The van der Waals surface area contributed by atoms with Crippen LogP contribution in [-0.2, 0) is 5.41 Å². The summed E-state index contributed by atoms with van der Waals surface area (Å²) in [5, 5.41) is 10.1. The number of nitrogens with zero attached hydrogens (tertiary/aromatic N) is 2. The van der Waals surface area contributed by atoms with Crippen molar-refractivity contribution in [2.75, 3.05) is 0 Å². The smallest absolute Gasteiger partial charge is 0.160 e. The highest BCUT2D eigenvalue weighted by atomic mass is 14.9. The Morgan fingerprint density at radius 1 is 0.277 bits per heavy atom. The van der Waals surface area contributed by atoms with E-state index >= 15 is 0 Å². The number of hydrogen-bond acceptors (Lipinski definition) is 2. The van der Waals surface area contributed by atoms with Crippen molar-refractivity contribution < 1.29 is 0 Å². The molecule has 11 aromatic carbocycles. The summed E-state index contributed by atoms with van der Waals surface area (Å²) in [5.74, 6) is 0.714. The summed E-state index contributed by atoms with van der Waals surface area (Å²) in [4.78, 5) is 10.3. The maximum absolute atomic E-state index is 5.15. The Morgan fingerprint density at radius 2 is 0.815 bits per heavy atom. The third kappa shape index (κ3) is 5.17. The van der Waals surface area contributed by atoms with Crippen LogP contribution in [0.2, 0.25) is 0 Å². The Balaban J connectivity index is 0.935. The van der Waals surface area contributed by atoms with Crippen molar-refractivity contribution in [2.45, 2.75) is 5.41 Å². The molecule has 2 nitrogen and oxygen atoms in total. The van der Waals surface area contributed by atoms with E-state index in [1.54, 1.807) is 0 Å². The van der Waals surface area contributed by atoms with Crippen LogP contribution < -0.4 is 0 Å². The lowest BCUT2D eigenvalue weighted by molar-refractivity contribution is 0.809. The SMILES string of the molecule is c1ccc(-c2nc(-c3ccc(-c4ccc5c6c(ccc5c4)-c4c(c5ccccc5c5ccccc45)C64c5ccccc5-c5ccccc54)cc3)cc(-c3ccc4ccccc4c3)n2)cc1. The van der Waals surface area contributed by atoms with Crippen LogP contribution in [0.5, 0.6) is 0 Å². The standard InChI is InChI=1S/C63H38N2/c1-2-15-42(16-3-1)62-64-57(38-58(65-62)46-31-28-39-14-4-5-17-43(39)37-46)41-29-26-40(27-30-41)44-32-34-47-45(36-44)33-35-54-59-52-22-8-6-18-48(52)49-19-7-9-23-53(49)61(59)63(60(47)54)55-24-12-10-20-50(55)51-21-11-13-25-56(51)63/h1-38H. The highest BCUT2D eigenvalue weighted by molar-refractivity contribution is 6.21. The summed E-state index contributed by atoms with van der Waals surface area (Å²) in [6.07, 6.45) is 0. The van der Waals surface area contributed by atoms with Crippen molar-refractivity contribution in [1.29, 1.82) is 0 Å². The Kier molecular flexibility index (Phi) is 7.64. The summed E-state index contributed by atoms with van der Waals surface area (Å²) in [7, 11) is 0. The molecule has 1 spiro atoms.